The van der Waals surface area contributed by atoms with Gasteiger partial charge in [-0.25, -0.2) is 0 Å². The molecule has 0 aliphatic carbocycles. The van der Waals surface area contributed by atoms with Crippen LogP contribution in [0.25, 0.3) is 0 Å². The third-order valence-corrected chi connectivity index (χ3v) is 5.06. The number of rotatable bonds is 1. The Bertz CT molecular complexity index is 907. The molecule has 134 valence electrons. The second-order valence-corrected chi connectivity index (χ2v) is 6.47. The molecule has 7 heteroatoms. The predicted molar refractivity (Wildman–Crippen MR) is 86.4 cm³/mol. The fourth-order valence-corrected chi connectivity index (χ4v) is 3.85. The summed E-state index contributed by atoms with van der Waals surface area (Å²) in [6, 6.07) is 11.5. The number of nitrogens with zero attached hydrogens (tertiary/aromatic N) is 1. The van der Waals surface area contributed by atoms with Gasteiger partial charge in [0.25, 0.3) is 5.91 Å². The average molecular weight is 361 g/mol. The predicted octanol–water partition coefficient (Wildman–Crippen LogP) is 3.61. The van der Waals surface area contributed by atoms with Crippen molar-refractivity contribution in [1.29, 1.82) is 0 Å². The summed E-state index contributed by atoms with van der Waals surface area (Å²) in [5.41, 5.74) is -0.659. The van der Waals surface area contributed by atoms with Crippen LogP contribution in [0.2, 0.25) is 0 Å². The van der Waals surface area contributed by atoms with E-state index in [1.807, 2.05) is 0 Å². The lowest BCUT2D eigenvalue weighted by molar-refractivity contribution is -0.157. The summed E-state index contributed by atoms with van der Waals surface area (Å²) in [4.78, 5) is 26.5. The highest BCUT2D eigenvalue weighted by Gasteiger charge is 2.62. The quantitative estimate of drug-likeness (QED) is 0.729. The highest BCUT2D eigenvalue weighted by atomic mass is 19.4. The van der Waals surface area contributed by atoms with Crippen molar-refractivity contribution in [3.05, 3.63) is 65.2 Å². The third-order valence-electron chi connectivity index (χ3n) is 5.06. The van der Waals surface area contributed by atoms with Gasteiger partial charge in [-0.1, -0.05) is 30.3 Å². The van der Waals surface area contributed by atoms with Crippen LogP contribution in [0.1, 0.15) is 29.0 Å². The maximum atomic E-state index is 13.0. The molecule has 2 atom stereocenters. The monoisotopic (exact) mass is 361 g/mol. The molecule has 0 radical (unpaired) electrons. The first-order valence-electron chi connectivity index (χ1n) is 8.02. The van der Waals surface area contributed by atoms with Gasteiger partial charge in [-0.15, -0.1) is 0 Å². The van der Waals surface area contributed by atoms with Crippen molar-refractivity contribution in [2.75, 3.05) is 11.9 Å². The number of amides is 1. The van der Waals surface area contributed by atoms with E-state index in [9.17, 15) is 22.8 Å². The highest BCUT2D eigenvalue weighted by Crippen LogP contribution is 2.55. The molecule has 0 bridgehead atoms. The van der Waals surface area contributed by atoms with Crippen molar-refractivity contribution in [3.8, 4) is 0 Å². The van der Waals surface area contributed by atoms with Gasteiger partial charge in [0.05, 0.1) is 17.7 Å². The van der Waals surface area contributed by atoms with Gasteiger partial charge >= 0.3 is 12.1 Å². The zero-order chi connectivity index (χ0) is 18.7. The van der Waals surface area contributed by atoms with Crippen molar-refractivity contribution >= 4 is 17.6 Å². The Morgan fingerprint density at radius 2 is 1.73 bits per heavy atom. The molecule has 2 aromatic rings. The lowest BCUT2D eigenvalue weighted by atomic mass is 9.78. The molecule has 4 nitrogen and oxygen atoms in total. The van der Waals surface area contributed by atoms with Crippen LogP contribution in [0, 0.1) is 0 Å². The van der Waals surface area contributed by atoms with E-state index in [1.165, 1.54) is 17.0 Å². The zero-order valence-corrected chi connectivity index (χ0v) is 13.7. The number of carbonyl (C=O) groups excluding carboxylic acids is 2. The van der Waals surface area contributed by atoms with Crippen LogP contribution in [0.5, 0.6) is 0 Å². The van der Waals surface area contributed by atoms with Crippen molar-refractivity contribution in [2.45, 2.75) is 24.1 Å². The second-order valence-electron chi connectivity index (χ2n) is 6.47. The van der Waals surface area contributed by atoms with E-state index in [4.69, 9.17) is 4.74 Å². The first-order chi connectivity index (χ1) is 12.2. The van der Waals surface area contributed by atoms with E-state index in [2.05, 4.69) is 0 Å². The molecule has 2 aliphatic heterocycles. The summed E-state index contributed by atoms with van der Waals surface area (Å²) in [5.74, 6) is -1.63. The maximum Gasteiger partial charge on any atom is 0.416 e. The Kier molecular flexibility index (Phi) is 3.41. The van der Waals surface area contributed by atoms with Crippen molar-refractivity contribution < 1.29 is 27.5 Å². The van der Waals surface area contributed by atoms with E-state index in [0.717, 1.165) is 12.1 Å². The van der Waals surface area contributed by atoms with Gasteiger partial charge in [0, 0.05) is 18.5 Å². The summed E-state index contributed by atoms with van der Waals surface area (Å²) >= 11 is 0. The van der Waals surface area contributed by atoms with Gasteiger partial charge in [-0.3, -0.25) is 9.59 Å². The standard InChI is InChI=1S/C19H14F3NO3/c1-23-15-5-3-2-4-13(15)18(17(23)25)14(10-16(24)26-18)11-6-8-12(9-7-11)19(20,21)22/h2-9,14H,10H2,1H3. The molecule has 2 aliphatic rings. The van der Waals surface area contributed by atoms with Crippen LogP contribution in [0.4, 0.5) is 18.9 Å². The number of anilines is 1. The fraction of sp³-hybridized carbons (Fsp3) is 0.263. The second kappa shape index (κ2) is 5.33. The van der Waals surface area contributed by atoms with Crippen LogP contribution in [-0.2, 0) is 26.1 Å². The molecule has 2 heterocycles. The molecule has 1 spiro atoms. The molecule has 4 rings (SSSR count). The first-order valence-corrected chi connectivity index (χ1v) is 8.02. The Morgan fingerprint density at radius 1 is 1.08 bits per heavy atom. The van der Waals surface area contributed by atoms with E-state index in [0.29, 0.717) is 16.8 Å². The number of hydrogen-bond acceptors (Lipinski definition) is 3. The van der Waals surface area contributed by atoms with Gasteiger partial charge in [0.1, 0.15) is 0 Å². The molecular weight excluding hydrogens is 347 g/mol. The SMILES string of the molecule is CN1C(=O)C2(OC(=O)CC2c2ccc(C(F)(F)F)cc2)c2ccccc21. The first kappa shape index (κ1) is 16.6. The van der Waals surface area contributed by atoms with Crippen LogP contribution in [0.15, 0.2) is 48.5 Å². The lowest BCUT2D eigenvalue weighted by Gasteiger charge is -2.28. The van der Waals surface area contributed by atoms with Crippen molar-refractivity contribution in [3.63, 3.8) is 0 Å². The van der Waals surface area contributed by atoms with Gasteiger partial charge < -0.3 is 9.64 Å². The molecule has 0 saturated carbocycles. The van der Waals surface area contributed by atoms with Gasteiger partial charge in [-0.05, 0) is 23.8 Å². The van der Waals surface area contributed by atoms with Crippen LogP contribution < -0.4 is 4.90 Å². The van der Waals surface area contributed by atoms with E-state index in [1.54, 1.807) is 31.3 Å². The topological polar surface area (TPSA) is 46.6 Å². The maximum absolute atomic E-state index is 13.0. The van der Waals surface area contributed by atoms with Crippen LogP contribution in [0.3, 0.4) is 0 Å². The van der Waals surface area contributed by atoms with E-state index in [-0.39, 0.29) is 6.42 Å². The number of halogens is 3. The Hall–Kier alpha value is -2.83. The summed E-state index contributed by atoms with van der Waals surface area (Å²) in [6.45, 7) is 0. The molecule has 2 aromatic carbocycles. The lowest BCUT2D eigenvalue weighted by Crippen LogP contribution is -2.42. The summed E-state index contributed by atoms with van der Waals surface area (Å²) in [7, 11) is 1.59. The minimum absolute atomic E-state index is 0.0702. The number of hydrogen-bond donors (Lipinski definition) is 0. The Morgan fingerprint density at radius 3 is 2.38 bits per heavy atom. The van der Waals surface area contributed by atoms with Crippen LogP contribution in [-0.4, -0.2) is 18.9 Å². The number of alkyl halides is 3. The number of likely N-dealkylation sites (N-methyl/N-ethyl adjacent to an activating group) is 1. The largest absolute Gasteiger partial charge is 0.443 e. The fourth-order valence-electron chi connectivity index (χ4n) is 3.85. The van der Waals surface area contributed by atoms with E-state index < -0.39 is 35.1 Å². The van der Waals surface area contributed by atoms with Gasteiger partial charge in [0.15, 0.2) is 0 Å². The Labute approximate surface area is 147 Å². The number of benzene rings is 2. The number of carbonyl (C=O) groups is 2. The highest BCUT2D eigenvalue weighted by molar-refractivity contribution is 6.09. The average Bonchev–Trinajstić information content (AvgIpc) is 3.07. The van der Waals surface area contributed by atoms with Gasteiger partial charge in [-0.2, -0.15) is 13.2 Å². The molecule has 0 N–H and O–H groups in total. The molecular formula is C19H14F3NO3. The third kappa shape index (κ3) is 2.16. The number of fused-ring (bicyclic) bond motifs is 2. The van der Waals surface area contributed by atoms with Crippen LogP contribution >= 0.6 is 0 Å². The minimum atomic E-state index is -4.45. The minimum Gasteiger partial charge on any atom is -0.443 e. The van der Waals surface area contributed by atoms with E-state index >= 15 is 0 Å². The molecule has 26 heavy (non-hydrogen) atoms. The normalized spacial score (nSPS) is 24.9. The summed E-state index contributed by atoms with van der Waals surface area (Å²) in [6.07, 6.45) is -4.52. The van der Waals surface area contributed by atoms with Gasteiger partial charge in [0.2, 0.25) is 5.60 Å². The summed E-state index contributed by atoms with van der Waals surface area (Å²) < 4.78 is 44.0. The number of para-hydroxylation sites is 1. The smallest absolute Gasteiger partial charge is 0.416 e. The molecule has 1 amide bonds. The molecule has 2 unspecified atom stereocenters. The number of ether oxygens (including phenoxy) is 1. The molecule has 1 fully saturated rings. The van der Waals surface area contributed by atoms with Crippen molar-refractivity contribution in [1.82, 2.24) is 0 Å². The summed E-state index contributed by atoms with van der Waals surface area (Å²) in [5, 5.41) is 0. The Balaban J connectivity index is 1.84. The van der Waals surface area contributed by atoms with Crippen molar-refractivity contribution in [2.24, 2.45) is 0 Å². The molecule has 0 aromatic heterocycles. The molecule has 1 saturated heterocycles. The number of esters is 1. The zero-order valence-electron chi connectivity index (χ0n) is 13.7.